The maximum Gasteiger partial charge on any atom is 0.0771 e. The van der Waals surface area contributed by atoms with Gasteiger partial charge in [0, 0.05) is 0 Å². The predicted octanol–water partition coefficient (Wildman–Crippen LogP) is 1.96. The van der Waals surface area contributed by atoms with Crippen LogP contribution < -0.4 is 0 Å². The van der Waals surface area contributed by atoms with E-state index in [9.17, 15) is 0 Å². The lowest BCUT2D eigenvalue weighted by Gasteiger charge is -2.14. The molecular weight excluding hydrogens is 140 g/mol. The lowest BCUT2D eigenvalue weighted by molar-refractivity contribution is -0.00594. The highest BCUT2D eigenvalue weighted by molar-refractivity contribution is 4.53. The number of ether oxygens (including phenoxy) is 1. The van der Waals surface area contributed by atoms with E-state index >= 15 is 0 Å². The first-order valence-corrected chi connectivity index (χ1v) is 4.50. The first-order valence-electron chi connectivity index (χ1n) is 4.50. The molecule has 2 nitrogen and oxygen atoms in total. The summed E-state index contributed by atoms with van der Waals surface area (Å²) in [5.74, 6) is 0. The largest absolute Gasteiger partial charge is 0.391 e. The molecule has 0 fully saturated rings. The Morgan fingerprint density at radius 1 is 1.36 bits per heavy atom. The molecule has 0 radical (unpaired) electrons. The Kier molecular flexibility index (Phi) is 6.57. The van der Waals surface area contributed by atoms with E-state index in [1.807, 2.05) is 13.8 Å². The van der Waals surface area contributed by atoms with Crippen molar-refractivity contribution >= 4 is 0 Å². The fraction of sp³-hybridized carbons (Fsp3) is 1.00. The van der Waals surface area contributed by atoms with Gasteiger partial charge in [0.15, 0.2) is 0 Å². The van der Waals surface area contributed by atoms with Crippen LogP contribution in [-0.4, -0.2) is 23.9 Å². The summed E-state index contributed by atoms with van der Waals surface area (Å²) in [7, 11) is 0. The molecule has 0 heterocycles. The van der Waals surface area contributed by atoms with Crippen molar-refractivity contribution in [3.63, 3.8) is 0 Å². The van der Waals surface area contributed by atoms with Gasteiger partial charge in [-0.15, -0.1) is 0 Å². The van der Waals surface area contributed by atoms with Crippen LogP contribution in [0.25, 0.3) is 0 Å². The van der Waals surface area contributed by atoms with Gasteiger partial charge in [-0.3, -0.25) is 0 Å². The predicted molar refractivity (Wildman–Crippen MR) is 46.6 cm³/mol. The number of hydrogen-bond donors (Lipinski definition) is 1. The molecule has 11 heavy (non-hydrogen) atoms. The molecule has 0 aliphatic carbocycles. The molecule has 0 aromatic heterocycles. The van der Waals surface area contributed by atoms with Crippen LogP contribution >= 0.6 is 0 Å². The lowest BCUT2D eigenvalue weighted by atomic mass is 10.2. The normalized spacial score (nSPS) is 16.4. The molecule has 0 rings (SSSR count). The van der Waals surface area contributed by atoms with Crippen LogP contribution in [0.15, 0.2) is 0 Å². The molecule has 0 aliphatic rings. The van der Waals surface area contributed by atoms with Gasteiger partial charge in [-0.2, -0.15) is 0 Å². The molecule has 0 amide bonds. The van der Waals surface area contributed by atoms with Crippen LogP contribution in [0.1, 0.15) is 40.0 Å². The fourth-order valence-corrected chi connectivity index (χ4v) is 0.883. The monoisotopic (exact) mass is 160 g/mol. The second-order valence-corrected chi connectivity index (χ2v) is 2.99. The zero-order valence-corrected chi connectivity index (χ0v) is 7.84. The van der Waals surface area contributed by atoms with Crippen molar-refractivity contribution in [2.45, 2.75) is 52.2 Å². The highest BCUT2D eigenvalue weighted by Crippen LogP contribution is 2.02. The van der Waals surface area contributed by atoms with Crippen molar-refractivity contribution in [1.29, 1.82) is 0 Å². The average molecular weight is 160 g/mol. The Morgan fingerprint density at radius 2 is 2.00 bits per heavy atom. The van der Waals surface area contributed by atoms with Crippen LogP contribution in [0, 0.1) is 0 Å². The molecule has 0 aliphatic heterocycles. The summed E-state index contributed by atoms with van der Waals surface area (Å²) in [4.78, 5) is 0. The van der Waals surface area contributed by atoms with E-state index in [0.717, 1.165) is 19.3 Å². The maximum absolute atomic E-state index is 9.15. The van der Waals surface area contributed by atoms with Gasteiger partial charge in [0.2, 0.25) is 0 Å². The minimum atomic E-state index is -0.283. The third kappa shape index (κ3) is 6.32. The Hall–Kier alpha value is -0.0800. The minimum absolute atomic E-state index is 0.283. The van der Waals surface area contributed by atoms with E-state index in [-0.39, 0.29) is 6.10 Å². The molecule has 0 spiro atoms. The van der Waals surface area contributed by atoms with E-state index in [1.165, 1.54) is 0 Å². The smallest absolute Gasteiger partial charge is 0.0771 e. The van der Waals surface area contributed by atoms with E-state index in [2.05, 4.69) is 6.92 Å². The number of aliphatic hydroxyl groups is 1. The Labute approximate surface area is 69.6 Å². The van der Waals surface area contributed by atoms with Crippen molar-refractivity contribution < 1.29 is 9.84 Å². The third-order valence-electron chi connectivity index (χ3n) is 1.74. The number of aliphatic hydroxyl groups excluding tert-OH is 1. The van der Waals surface area contributed by atoms with Crippen molar-refractivity contribution in [3.8, 4) is 0 Å². The van der Waals surface area contributed by atoms with Crippen LogP contribution in [0.4, 0.5) is 0 Å². The van der Waals surface area contributed by atoms with Gasteiger partial charge in [-0.1, -0.05) is 20.3 Å². The number of hydrogen-bond acceptors (Lipinski definition) is 2. The van der Waals surface area contributed by atoms with Crippen LogP contribution in [0.2, 0.25) is 0 Å². The van der Waals surface area contributed by atoms with Gasteiger partial charge in [0.1, 0.15) is 0 Å². The molecule has 0 saturated heterocycles. The molecule has 0 saturated carbocycles. The van der Waals surface area contributed by atoms with Crippen molar-refractivity contribution in [2.75, 3.05) is 6.61 Å². The third-order valence-corrected chi connectivity index (χ3v) is 1.74. The summed E-state index contributed by atoms with van der Waals surface area (Å²) >= 11 is 0. The minimum Gasteiger partial charge on any atom is -0.391 e. The molecular formula is C9H20O2. The molecule has 0 aromatic rings. The Morgan fingerprint density at radius 3 is 2.45 bits per heavy atom. The highest BCUT2D eigenvalue weighted by atomic mass is 16.5. The van der Waals surface area contributed by atoms with Crippen molar-refractivity contribution in [3.05, 3.63) is 0 Å². The van der Waals surface area contributed by atoms with Crippen molar-refractivity contribution in [1.82, 2.24) is 0 Å². The van der Waals surface area contributed by atoms with Gasteiger partial charge in [0.05, 0.1) is 18.8 Å². The van der Waals surface area contributed by atoms with E-state index in [1.54, 1.807) is 0 Å². The fourth-order valence-electron chi connectivity index (χ4n) is 0.883. The summed E-state index contributed by atoms with van der Waals surface area (Å²) in [5, 5.41) is 9.15. The Bertz CT molecular complexity index is 83.6. The maximum atomic E-state index is 9.15. The van der Waals surface area contributed by atoms with Gasteiger partial charge in [-0.05, 0) is 19.8 Å². The molecule has 1 N–H and O–H groups in total. The summed E-state index contributed by atoms with van der Waals surface area (Å²) in [5.41, 5.74) is 0. The quantitative estimate of drug-likeness (QED) is 0.643. The molecule has 2 heteroatoms. The second-order valence-electron chi connectivity index (χ2n) is 2.99. The van der Waals surface area contributed by atoms with Gasteiger partial charge in [-0.25, -0.2) is 0 Å². The molecule has 2 atom stereocenters. The Balaban J connectivity index is 3.22. The average Bonchev–Trinajstić information content (AvgIpc) is 2.01. The summed E-state index contributed by atoms with van der Waals surface area (Å²) in [6, 6.07) is 0. The summed E-state index contributed by atoms with van der Waals surface area (Å²) < 4.78 is 5.39. The van der Waals surface area contributed by atoms with E-state index < -0.39 is 0 Å². The van der Waals surface area contributed by atoms with E-state index in [0.29, 0.717) is 12.7 Å². The van der Waals surface area contributed by atoms with Gasteiger partial charge in [0.25, 0.3) is 0 Å². The van der Waals surface area contributed by atoms with Crippen LogP contribution in [0.3, 0.4) is 0 Å². The highest BCUT2D eigenvalue weighted by Gasteiger charge is 2.04. The SMILES string of the molecule is CCCC(C)OCC(O)CC. The van der Waals surface area contributed by atoms with Crippen molar-refractivity contribution in [2.24, 2.45) is 0 Å². The van der Waals surface area contributed by atoms with Gasteiger partial charge >= 0.3 is 0 Å². The number of rotatable bonds is 6. The first kappa shape index (κ1) is 10.9. The molecule has 68 valence electrons. The standard InChI is InChI=1S/C9H20O2/c1-4-6-8(3)11-7-9(10)5-2/h8-10H,4-7H2,1-3H3. The zero-order valence-electron chi connectivity index (χ0n) is 7.84. The van der Waals surface area contributed by atoms with Crippen LogP contribution in [-0.2, 0) is 4.74 Å². The van der Waals surface area contributed by atoms with Crippen LogP contribution in [0.5, 0.6) is 0 Å². The molecule has 0 aromatic carbocycles. The van der Waals surface area contributed by atoms with Gasteiger partial charge < -0.3 is 9.84 Å². The molecule has 0 bridgehead atoms. The lowest BCUT2D eigenvalue weighted by Crippen LogP contribution is -2.18. The zero-order chi connectivity index (χ0) is 8.69. The summed E-state index contributed by atoms with van der Waals surface area (Å²) in [6.45, 7) is 6.62. The topological polar surface area (TPSA) is 29.5 Å². The second kappa shape index (κ2) is 6.62. The molecule has 2 unspecified atom stereocenters. The first-order chi connectivity index (χ1) is 5.20. The van der Waals surface area contributed by atoms with E-state index in [4.69, 9.17) is 9.84 Å². The summed E-state index contributed by atoms with van der Waals surface area (Å²) in [6.07, 6.45) is 3.01.